The summed E-state index contributed by atoms with van der Waals surface area (Å²) in [7, 11) is 1.62. The number of carboxylic acids is 1. The van der Waals surface area contributed by atoms with Crippen molar-refractivity contribution >= 4 is 12.0 Å². The molecule has 0 atom stereocenters. The zero-order chi connectivity index (χ0) is 15.5. The summed E-state index contributed by atoms with van der Waals surface area (Å²) < 4.78 is 5.13. The van der Waals surface area contributed by atoms with Crippen LogP contribution in [0.2, 0.25) is 0 Å². The van der Waals surface area contributed by atoms with Gasteiger partial charge in [0.2, 0.25) is 0 Å². The Labute approximate surface area is 124 Å². The molecule has 2 amide bonds. The fourth-order valence-electron chi connectivity index (χ4n) is 1.81. The van der Waals surface area contributed by atoms with E-state index in [4.69, 9.17) is 9.84 Å². The molecule has 0 bridgehead atoms. The smallest absolute Gasteiger partial charge is 0.314 e. The lowest BCUT2D eigenvalue weighted by atomic mass is 10.1. The molecule has 0 unspecified atom stereocenters. The van der Waals surface area contributed by atoms with Crippen molar-refractivity contribution < 1.29 is 19.4 Å². The molecule has 0 aromatic heterocycles. The van der Waals surface area contributed by atoms with Gasteiger partial charge in [0.15, 0.2) is 0 Å². The number of carbonyl (C=O) groups excluding carboxylic acids is 1. The lowest BCUT2D eigenvalue weighted by Crippen LogP contribution is -2.37. The number of carbonyl (C=O) groups is 2. The molecule has 0 saturated carbocycles. The Hall–Kier alpha value is -2.24. The Kier molecular flexibility index (Phi) is 7.71. The van der Waals surface area contributed by atoms with Crippen LogP contribution in [-0.2, 0) is 11.2 Å². The van der Waals surface area contributed by atoms with Gasteiger partial charge in [0.25, 0.3) is 0 Å². The van der Waals surface area contributed by atoms with Crippen LogP contribution < -0.4 is 15.4 Å². The van der Waals surface area contributed by atoms with E-state index in [1.165, 1.54) is 0 Å². The summed E-state index contributed by atoms with van der Waals surface area (Å²) in [6.45, 7) is 1.02. The number of methoxy groups -OCH3 is 1. The summed E-state index contributed by atoms with van der Waals surface area (Å²) in [6.07, 6.45) is 2.10. The normalized spacial score (nSPS) is 9.95. The molecular formula is C15H22N2O4. The predicted molar refractivity (Wildman–Crippen MR) is 79.6 cm³/mol. The van der Waals surface area contributed by atoms with E-state index in [2.05, 4.69) is 10.6 Å². The first-order valence-electron chi connectivity index (χ1n) is 6.98. The SMILES string of the molecule is COc1cccc(CCNC(=O)NCCCCC(=O)O)c1. The minimum atomic E-state index is -0.808. The average molecular weight is 294 g/mol. The van der Waals surface area contributed by atoms with Gasteiger partial charge in [-0.2, -0.15) is 0 Å². The van der Waals surface area contributed by atoms with Gasteiger partial charge >= 0.3 is 12.0 Å². The first kappa shape index (κ1) is 16.8. The highest BCUT2D eigenvalue weighted by atomic mass is 16.5. The van der Waals surface area contributed by atoms with Gasteiger partial charge in [0.1, 0.15) is 5.75 Å². The van der Waals surface area contributed by atoms with Crippen molar-refractivity contribution in [2.24, 2.45) is 0 Å². The van der Waals surface area contributed by atoms with Gasteiger partial charge in [-0.05, 0) is 37.0 Å². The molecule has 1 aromatic carbocycles. The molecule has 0 aliphatic heterocycles. The maximum absolute atomic E-state index is 11.5. The highest BCUT2D eigenvalue weighted by Crippen LogP contribution is 2.12. The van der Waals surface area contributed by atoms with Crippen LogP contribution in [0.1, 0.15) is 24.8 Å². The molecule has 0 saturated heterocycles. The molecule has 21 heavy (non-hydrogen) atoms. The zero-order valence-corrected chi connectivity index (χ0v) is 12.2. The van der Waals surface area contributed by atoms with Crippen molar-refractivity contribution in [2.45, 2.75) is 25.7 Å². The number of amides is 2. The summed E-state index contributed by atoms with van der Waals surface area (Å²) in [4.78, 5) is 21.8. The van der Waals surface area contributed by atoms with Crippen molar-refractivity contribution in [3.05, 3.63) is 29.8 Å². The molecule has 0 aliphatic rings. The minimum Gasteiger partial charge on any atom is -0.497 e. The van der Waals surface area contributed by atoms with Crippen molar-refractivity contribution in [1.82, 2.24) is 10.6 Å². The van der Waals surface area contributed by atoms with Crippen LogP contribution in [0.4, 0.5) is 4.79 Å². The third kappa shape index (κ3) is 7.81. The summed E-state index contributed by atoms with van der Waals surface area (Å²) in [5.41, 5.74) is 1.09. The molecule has 1 aromatic rings. The number of urea groups is 1. The van der Waals surface area contributed by atoms with Crippen LogP contribution in [0.25, 0.3) is 0 Å². The highest BCUT2D eigenvalue weighted by Gasteiger charge is 2.01. The summed E-state index contributed by atoms with van der Waals surface area (Å²) in [5.74, 6) is -0.00637. The number of benzene rings is 1. The number of rotatable bonds is 9. The van der Waals surface area contributed by atoms with Gasteiger partial charge in [-0.15, -0.1) is 0 Å². The summed E-state index contributed by atoms with van der Waals surface area (Å²) in [6, 6.07) is 7.48. The molecule has 0 radical (unpaired) electrons. The largest absolute Gasteiger partial charge is 0.497 e. The molecule has 6 heteroatoms. The van der Waals surface area contributed by atoms with Crippen LogP contribution in [0.3, 0.4) is 0 Å². The highest BCUT2D eigenvalue weighted by molar-refractivity contribution is 5.73. The third-order valence-corrected chi connectivity index (χ3v) is 2.94. The Morgan fingerprint density at radius 2 is 1.95 bits per heavy atom. The topological polar surface area (TPSA) is 87.7 Å². The van der Waals surface area contributed by atoms with Gasteiger partial charge in [-0.1, -0.05) is 12.1 Å². The number of ether oxygens (including phenoxy) is 1. The van der Waals surface area contributed by atoms with Crippen LogP contribution in [0, 0.1) is 0 Å². The molecule has 3 N–H and O–H groups in total. The van der Waals surface area contributed by atoms with E-state index in [1.54, 1.807) is 7.11 Å². The number of unbranched alkanes of at least 4 members (excludes halogenated alkanes) is 1. The second kappa shape index (κ2) is 9.63. The molecule has 1 rings (SSSR count). The zero-order valence-electron chi connectivity index (χ0n) is 12.2. The fraction of sp³-hybridized carbons (Fsp3) is 0.467. The summed E-state index contributed by atoms with van der Waals surface area (Å²) >= 11 is 0. The average Bonchev–Trinajstić information content (AvgIpc) is 2.47. The first-order valence-corrected chi connectivity index (χ1v) is 6.98. The Morgan fingerprint density at radius 3 is 2.67 bits per heavy atom. The van der Waals surface area contributed by atoms with E-state index in [1.807, 2.05) is 24.3 Å². The quantitative estimate of drug-likeness (QED) is 0.606. The van der Waals surface area contributed by atoms with E-state index >= 15 is 0 Å². The number of hydrogen-bond acceptors (Lipinski definition) is 3. The van der Waals surface area contributed by atoms with E-state index in [9.17, 15) is 9.59 Å². The van der Waals surface area contributed by atoms with Crippen LogP contribution in [0.5, 0.6) is 5.75 Å². The second-order valence-corrected chi connectivity index (χ2v) is 4.64. The van der Waals surface area contributed by atoms with Gasteiger partial charge in [0, 0.05) is 19.5 Å². The minimum absolute atomic E-state index is 0.138. The maximum atomic E-state index is 11.5. The molecule has 0 spiro atoms. The standard InChI is InChI=1S/C15H22N2O4/c1-21-13-6-4-5-12(11-13)8-10-17-15(20)16-9-3-2-7-14(18)19/h4-6,11H,2-3,7-10H2,1H3,(H,18,19)(H2,16,17,20). The van der Waals surface area contributed by atoms with Crippen LogP contribution >= 0.6 is 0 Å². The maximum Gasteiger partial charge on any atom is 0.314 e. The van der Waals surface area contributed by atoms with E-state index in [0.717, 1.165) is 17.7 Å². The molecule has 116 valence electrons. The first-order chi connectivity index (χ1) is 10.1. The van der Waals surface area contributed by atoms with Gasteiger partial charge in [0.05, 0.1) is 7.11 Å². The number of nitrogens with one attached hydrogen (secondary N) is 2. The van der Waals surface area contributed by atoms with Crippen molar-refractivity contribution in [3.63, 3.8) is 0 Å². The van der Waals surface area contributed by atoms with Gasteiger partial charge in [-0.25, -0.2) is 4.79 Å². The molecule has 6 nitrogen and oxygen atoms in total. The second-order valence-electron chi connectivity index (χ2n) is 4.64. The van der Waals surface area contributed by atoms with Crippen molar-refractivity contribution in [2.75, 3.05) is 20.2 Å². The number of hydrogen-bond donors (Lipinski definition) is 3. The number of aliphatic carboxylic acids is 1. The van der Waals surface area contributed by atoms with Crippen LogP contribution in [0.15, 0.2) is 24.3 Å². The Morgan fingerprint density at radius 1 is 1.19 bits per heavy atom. The van der Waals surface area contributed by atoms with Crippen molar-refractivity contribution in [3.8, 4) is 5.75 Å². The van der Waals surface area contributed by atoms with Gasteiger partial charge < -0.3 is 20.5 Å². The molecule has 0 heterocycles. The number of carboxylic acid groups (broad SMARTS) is 1. The van der Waals surface area contributed by atoms with E-state index in [-0.39, 0.29) is 12.5 Å². The molecule has 0 aliphatic carbocycles. The Balaban J connectivity index is 2.11. The van der Waals surface area contributed by atoms with E-state index in [0.29, 0.717) is 25.9 Å². The van der Waals surface area contributed by atoms with Crippen LogP contribution in [-0.4, -0.2) is 37.3 Å². The summed E-state index contributed by atoms with van der Waals surface area (Å²) in [5, 5.41) is 13.9. The fourth-order valence-corrected chi connectivity index (χ4v) is 1.81. The third-order valence-electron chi connectivity index (χ3n) is 2.94. The molecule has 0 fully saturated rings. The molecular weight excluding hydrogens is 272 g/mol. The van der Waals surface area contributed by atoms with Gasteiger partial charge in [-0.3, -0.25) is 4.79 Å². The predicted octanol–water partition coefficient (Wildman–Crippen LogP) is 1.79. The lowest BCUT2D eigenvalue weighted by Gasteiger charge is -2.08. The Bertz CT molecular complexity index is 463. The van der Waals surface area contributed by atoms with E-state index < -0.39 is 5.97 Å². The van der Waals surface area contributed by atoms with Crippen molar-refractivity contribution in [1.29, 1.82) is 0 Å². The lowest BCUT2D eigenvalue weighted by molar-refractivity contribution is -0.137. The monoisotopic (exact) mass is 294 g/mol.